The molecule has 1 aliphatic rings. The molecule has 1 aromatic heterocycles. The zero-order valence-corrected chi connectivity index (χ0v) is 19.7. The maximum absolute atomic E-state index is 5.65. The highest BCUT2D eigenvalue weighted by Crippen LogP contribution is 2.30. The Morgan fingerprint density at radius 3 is 2.62 bits per heavy atom. The maximum Gasteiger partial charge on any atom is 0.191 e. The van der Waals surface area contributed by atoms with Gasteiger partial charge in [0.1, 0.15) is 11.5 Å². The van der Waals surface area contributed by atoms with Crippen molar-refractivity contribution < 1.29 is 9.15 Å². The Kier molecular flexibility index (Phi) is 10.3. The molecule has 1 fully saturated rings. The summed E-state index contributed by atoms with van der Waals surface area (Å²) in [6.45, 7) is 3.79. The molecule has 1 unspecified atom stereocenters. The molecular weight excluding hydrogens is 479 g/mol. The largest absolute Gasteiger partial charge is 0.496 e. The number of hydrogen-bond acceptors (Lipinski definition) is 4. The van der Waals surface area contributed by atoms with Gasteiger partial charge in [0.2, 0.25) is 0 Å². The smallest absolute Gasteiger partial charge is 0.191 e. The van der Waals surface area contributed by atoms with Crippen LogP contribution in [0.5, 0.6) is 5.75 Å². The first-order valence-electron chi connectivity index (χ1n) is 10.2. The van der Waals surface area contributed by atoms with Gasteiger partial charge in [-0.3, -0.25) is 9.89 Å². The fourth-order valence-corrected chi connectivity index (χ4v) is 3.78. The van der Waals surface area contributed by atoms with E-state index in [4.69, 9.17) is 9.15 Å². The van der Waals surface area contributed by atoms with E-state index in [2.05, 4.69) is 32.7 Å². The highest BCUT2D eigenvalue weighted by atomic mass is 127. The maximum atomic E-state index is 5.65. The van der Waals surface area contributed by atoms with E-state index in [1.807, 2.05) is 24.3 Å². The van der Waals surface area contributed by atoms with Gasteiger partial charge in [-0.1, -0.05) is 24.6 Å². The third kappa shape index (κ3) is 6.92. The first-order valence-corrected chi connectivity index (χ1v) is 10.2. The Hall–Kier alpha value is -1.74. The molecule has 0 amide bonds. The molecule has 160 valence electrons. The molecule has 6 nitrogen and oxygen atoms in total. The zero-order valence-electron chi connectivity index (χ0n) is 17.4. The van der Waals surface area contributed by atoms with Gasteiger partial charge in [0.05, 0.1) is 19.4 Å². The third-order valence-electron chi connectivity index (χ3n) is 5.26. The molecule has 1 aliphatic heterocycles. The second kappa shape index (κ2) is 12.7. The van der Waals surface area contributed by atoms with Crippen LogP contribution in [0.25, 0.3) is 0 Å². The van der Waals surface area contributed by atoms with Crippen molar-refractivity contribution in [2.75, 3.05) is 40.3 Å². The summed E-state index contributed by atoms with van der Waals surface area (Å²) in [5.74, 6) is 2.73. The van der Waals surface area contributed by atoms with Crippen LogP contribution < -0.4 is 15.4 Å². The summed E-state index contributed by atoms with van der Waals surface area (Å²) >= 11 is 0. The molecule has 2 aromatic rings. The van der Waals surface area contributed by atoms with Crippen molar-refractivity contribution in [3.05, 3.63) is 54.0 Å². The normalized spacial score (nSPS) is 16.0. The van der Waals surface area contributed by atoms with Gasteiger partial charge in [-0.15, -0.1) is 24.0 Å². The summed E-state index contributed by atoms with van der Waals surface area (Å²) in [6, 6.07) is 12.5. The van der Waals surface area contributed by atoms with E-state index >= 15 is 0 Å². The van der Waals surface area contributed by atoms with Crippen LogP contribution in [0.4, 0.5) is 0 Å². The molecule has 1 atom stereocenters. The SMILES string of the molecule is CN=C(NCCc1ccco1)NCC(c1ccccc1OC)N1CCCCC1.I. The van der Waals surface area contributed by atoms with Crippen LogP contribution in [-0.4, -0.2) is 51.2 Å². The molecule has 29 heavy (non-hydrogen) atoms. The Labute approximate surface area is 191 Å². The van der Waals surface area contributed by atoms with Crippen molar-refractivity contribution in [3.8, 4) is 5.75 Å². The summed E-state index contributed by atoms with van der Waals surface area (Å²) < 4.78 is 11.0. The van der Waals surface area contributed by atoms with E-state index in [1.165, 1.54) is 24.8 Å². The summed E-state index contributed by atoms with van der Waals surface area (Å²) in [5, 5.41) is 6.88. The Morgan fingerprint density at radius 1 is 1.14 bits per heavy atom. The minimum absolute atomic E-state index is 0. The van der Waals surface area contributed by atoms with Gasteiger partial charge in [-0.25, -0.2) is 0 Å². The van der Waals surface area contributed by atoms with Gasteiger partial charge in [-0.2, -0.15) is 0 Å². The van der Waals surface area contributed by atoms with Crippen molar-refractivity contribution >= 4 is 29.9 Å². The summed E-state index contributed by atoms with van der Waals surface area (Å²) in [6.07, 6.45) is 6.36. The average molecular weight is 512 g/mol. The minimum Gasteiger partial charge on any atom is -0.496 e. The number of likely N-dealkylation sites (tertiary alicyclic amines) is 1. The highest BCUT2D eigenvalue weighted by molar-refractivity contribution is 14.0. The molecule has 7 heteroatoms. The number of benzene rings is 1. The van der Waals surface area contributed by atoms with E-state index < -0.39 is 0 Å². The Bertz CT molecular complexity index is 730. The van der Waals surface area contributed by atoms with E-state index in [0.717, 1.165) is 50.1 Å². The monoisotopic (exact) mass is 512 g/mol. The highest BCUT2D eigenvalue weighted by Gasteiger charge is 2.25. The number of aliphatic imine (C=N–C) groups is 1. The number of para-hydroxylation sites is 1. The van der Waals surface area contributed by atoms with Crippen molar-refractivity contribution in [3.63, 3.8) is 0 Å². The van der Waals surface area contributed by atoms with E-state index in [9.17, 15) is 0 Å². The topological polar surface area (TPSA) is 62.0 Å². The van der Waals surface area contributed by atoms with Crippen LogP contribution in [0.3, 0.4) is 0 Å². The number of methoxy groups -OCH3 is 1. The van der Waals surface area contributed by atoms with Crippen LogP contribution in [0.1, 0.15) is 36.6 Å². The van der Waals surface area contributed by atoms with Crippen molar-refractivity contribution in [2.24, 2.45) is 4.99 Å². The third-order valence-corrected chi connectivity index (χ3v) is 5.26. The molecule has 3 rings (SSSR count). The molecule has 1 aromatic carbocycles. The van der Waals surface area contributed by atoms with Crippen molar-refractivity contribution in [1.29, 1.82) is 0 Å². The summed E-state index contributed by atoms with van der Waals surface area (Å²) in [5.41, 5.74) is 1.23. The van der Waals surface area contributed by atoms with Gasteiger partial charge >= 0.3 is 0 Å². The Balaban J connectivity index is 0.00000300. The predicted molar refractivity (Wildman–Crippen MR) is 128 cm³/mol. The van der Waals surface area contributed by atoms with Crippen LogP contribution in [0.2, 0.25) is 0 Å². The standard InChI is InChI=1S/C22H32N4O2.HI/c1-23-22(24-13-12-18-9-8-16-28-18)25-17-20(26-14-6-3-7-15-26)19-10-4-5-11-21(19)27-2;/h4-5,8-11,16,20H,3,6-7,12-15,17H2,1-2H3,(H2,23,24,25);1H. The second-order valence-electron chi connectivity index (χ2n) is 7.06. The average Bonchev–Trinajstić information content (AvgIpc) is 3.27. The molecule has 0 bridgehead atoms. The quantitative estimate of drug-likeness (QED) is 0.320. The lowest BCUT2D eigenvalue weighted by Crippen LogP contribution is -2.45. The number of guanidine groups is 1. The van der Waals surface area contributed by atoms with E-state index in [-0.39, 0.29) is 30.0 Å². The number of furan rings is 1. The van der Waals surface area contributed by atoms with E-state index in [0.29, 0.717) is 0 Å². The molecule has 0 saturated carbocycles. The van der Waals surface area contributed by atoms with Gasteiger partial charge < -0.3 is 19.8 Å². The van der Waals surface area contributed by atoms with Gasteiger partial charge in [0, 0.05) is 32.1 Å². The zero-order chi connectivity index (χ0) is 19.6. The number of ether oxygens (including phenoxy) is 1. The van der Waals surface area contributed by atoms with Crippen molar-refractivity contribution in [2.45, 2.75) is 31.7 Å². The lowest BCUT2D eigenvalue weighted by molar-refractivity contribution is 0.161. The van der Waals surface area contributed by atoms with Gasteiger partial charge in [-0.05, 0) is 44.1 Å². The number of nitrogens with one attached hydrogen (secondary N) is 2. The molecule has 0 spiro atoms. The number of rotatable bonds is 8. The molecule has 1 saturated heterocycles. The number of halogens is 1. The molecule has 2 heterocycles. The number of hydrogen-bond donors (Lipinski definition) is 2. The lowest BCUT2D eigenvalue weighted by atomic mass is 10.0. The van der Waals surface area contributed by atoms with Gasteiger partial charge in [0.15, 0.2) is 5.96 Å². The fraction of sp³-hybridized carbons (Fsp3) is 0.500. The molecule has 2 N–H and O–H groups in total. The lowest BCUT2D eigenvalue weighted by Gasteiger charge is -2.35. The fourth-order valence-electron chi connectivity index (χ4n) is 3.78. The van der Waals surface area contributed by atoms with Crippen LogP contribution >= 0.6 is 24.0 Å². The summed E-state index contributed by atoms with van der Waals surface area (Å²) in [7, 11) is 3.55. The first-order chi connectivity index (χ1) is 13.8. The minimum atomic E-state index is 0. The van der Waals surface area contributed by atoms with Crippen LogP contribution in [-0.2, 0) is 6.42 Å². The van der Waals surface area contributed by atoms with Gasteiger partial charge in [0.25, 0.3) is 0 Å². The second-order valence-corrected chi connectivity index (χ2v) is 7.06. The number of nitrogens with zero attached hydrogens (tertiary/aromatic N) is 2. The molecule has 0 aliphatic carbocycles. The molecular formula is C22H33IN4O2. The summed E-state index contributed by atoms with van der Waals surface area (Å²) in [4.78, 5) is 6.93. The Morgan fingerprint density at radius 2 is 1.93 bits per heavy atom. The molecule has 0 radical (unpaired) electrons. The van der Waals surface area contributed by atoms with Crippen LogP contribution in [0, 0.1) is 0 Å². The first kappa shape index (κ1) is 23.5. The number of piperidine rings is 1. The van der Waals surface area contributed by atoms with E-state index in [1.54, 1.807) is 20.4 Å². The van der Waals surface area contributed by atoms with Crippen molar-refractivity contribution in [1.82, 2.24) is 15.5 Å². The van der Waals surface area contributed by atoms with Crippen LogP contribution in [0.15, 0.2) is 52.1 Å². The predicted octanol–water partition coefficient (Wildman–Crippen LogP) is 3.84.